The summed E-state index contributed by atoms with van der Waals surface area (Å²) < 4.78 is 15.8. The molecule has 3 N–H and O–H groups in total. The van der Waals surface area contributed by atoms with E-state index in [0.29, 0.717) is 18.0 Å². The van der Waals surface area contributed by atoms with Gasteiger partial charge in [-0.25, -0.2) is 9.11 Å². The van der Waals surface area contributed by atoms with Crippen LogP contribution in [0.1, 0.15) is 19.4 Å². The first kappa shape index (κ1) is 19.9. The molecule has 1 rings (SSSR count). The lowest BCUT2D eigenvalue weighted by atomic mass is 10.1. The molecule has 0 aliphatic rings. The van der Waals surface area contributed by atoms with E-state index in [2.05, 4.69) is 15.4 Å². The molecule has 1 aromatic rings. The van der Waals surface area contributed by atoms with Crippen molar-refractivity contribution >= 4 is 48.2 Å². The Bertz CT molecular complexity index is 564. The number of carbonyl (C=O) groups excluding carboxylic acids is 2. The zero-order valence-corrected chi connectivity index (χ0v) is 15.8. The van der Waals surface area contributed by atoms with Gasteiger partial charge in [0.2, 0.25) is 5.91 Å². The normalized spacial score (nSPS) is 11.4. The lowest BCUT2D eigenvalue weighted by Gasteiger charge is -2.12. The molecule has 0 saturated carbocycles. The lowest BCUT2D eigenvalue weighted by molar-refractivity contribution is -0.123. The van der Waals surface area contributed by atoms with Gasteiger partial charge in [-0.05, 0) is 38.8 Å². The number of halogens is 2. The minimum absolute atomic E-state index is 0.0752. The van der Waals surface area contributed by atoms with Crippen LogP contribution >= 0.6 is 30.3 Å². The van der Waals surface area contributed by atoms with Crippen LogP contribution in [-0.2, 0) is 9.59 Å². The predicted molar refractivity (Wildman–Crippen MR) is 100.0 cm³/mol. The van der Waals surface area contributed by atoms with Gasteiger partial charge in [0.1, 0.15) is 11.5 Å². The van der Waals surface area contributed by atoms with E-state index in [-0.39, 0.29) is 29.9 Å². The minimum atomic E-state index is -0.376. The predicted octanol–water partition coefficient (Wildman–Crippen LogP) is 2.64. The van der Waals surface area contributed by atoms with E-state index in [4.69, 9.17) is 0 Å². The summed E-state index contributed by atoms with van der Waals surface area (Å²) >= 11 is 2.01. The highest BCUT2D eigenvalue weighted by atomic mass is 127. The Morgan fingerprint density at radius 1 is 1.30 bits per heavy atom. The quantitative estimate of drug-likeness (QED) is 0.323. The maximum absolute atomic E-state index is 13.0. The Hall–Kier alpha value is -1.13. The van der Waals surface area contributed by atoms with Crippen molar-refractivity contribution in [1.82, 2.24) is 15.4 Å². The summed E-state index contributed by atoms with van der Waals surface area (Å²) in [7, 11) is 1.28. The van der Waals surface area contributed by atoms with Gasteiger partial charge in [0, 0.05) is 27.8 Å². The van der Waals surface area contributed by atoms with Gasteiger partial charge in [-0.1, -0.05) is 26.0 Å². The molecule has 0 bridgehead atoms. The van der Waals surface area contributed by atoms with Gasteiger partial charge in [0.05, 0.1) is 6.54 Å². The Morgan fingerprint density at radius 2 is 1.96 bits per heavy atom. The van der Waals surface area contributed by atoms with E-state index in [1.54, 1.807) is 0 Å². The van der Waals surface area contributed by atoms with Gasteiger partial charge in [-0.2, -0.15) is 0 Å². The number of benzene rings is 1. The third-order valence-corrected chi connectivity index (χ3v) is 3.85. The Kier molecular flexibility index (Phi) is 9.19. The Labute approximate surface area is 151 Å². The first-order valence-corrected chi connectivity index (χ1v) is 10.3. The van der Waals surface area contributed by atoms with Crippen LogP contribution in [0.4, 0.5) is 4.39 Å². The number of amides is 2. The van der Waals surface area contributed by atoms with Gasteiger partial charge in [-0.3, -0.25) is 9.59 Å². The maximum Gasteiger partial charge on any atom is 0.267 e. The Balaban J connectivity index is 2.88. The summed E-state index contributed by atoms with van der Waals surface area (Å²) in [6.45, 7) is 4.52. The number of hydrogen-bond donors (Lipinski definition) is 3. The van der Waals surface area contributed by atoms with Crippen LogP contribution in [-0.4, -0.2) is 24.9 Å². The molecule has 0 radical (unpaired) electrons. The van der Waals surface area contributed by atoms with E-state index < -0.39 is 0 Å². The average Bonchev–Trinajstić information content (AvgIpc) is 2.52. The molecular formula is C15H19FIN3O2S. The fourth-order valence-electron chi connectivity index (χ4n) is 1.56. The molecule has 0 atom stereocenters. The van der Waals surface area contributed by atoms with Crippen LogP contribution in [0.3, 0.4) is 0 Å². The van der Waals surface area contributed by atoms with Crippen LogP contribution < -0.4 is 15.4 Å². The van der Waals surface area contributed by atoms with Crippen molar-refractivity contribution in [3.63, 3.8) is 0 Å². The second-order valence-electron chi connectivity index (χ2n) is 5.16. The molecule has 0 aromatic heterocycles. The van der Waals surface area contributed by atoms with Crippen LogP contribution in [0.5, 0.6) is 0 Å². The number of hydrogen-bond acceptors (Lipinski definition) is 4. The standard InChI is InChI=1S/C15H19FIN3O2S/c1-10(2)8-18-15(22)13(20-14(21)9-19-23-17)7-11-3-5-12(16)6-4-11/h3-7,10,19H,8-9H2,1-2H3,(H,18,22)(H,20,21)/b13-7+. The molecule has 0 fully saturated rings. The highest BCUT2D eigenvalue weighted by Crippen LogP contribution is 2.08. The van der Waals surface area contributed by atoms with E-state index in [9.17, 15) is 14.0 Å². The first-order chi connectivity index (χ1) is 10.9. The van der Waals surface area contributed by atoms with Crippen molar-refractivity contribution in [3.8, 4) is 0 Å². The average molecular weight is 451 g/mol. The van der Waals surface area contributed by atoms with E-state index in [1.807, 2.05) is 35.1 Å². The second kappa shape index (κ2) is 10.6. The van der Waals surface area contributed by atoms with Crippen LogP contribution in [0.2, 0.25) is 0 Å². The molecule has 1 aromatic carbocycles. The van der Waals surface area contributed by atoms with E-state index in [0.717, 1.165) is 0 Å². The highest BCUT2D eigenvalue weighted by molar-refractivity contribution is 14.2. The van der Waals surface area contributed by atoms with Crippen molar-refractivity contribution in [3.05, 3.63) is 41.3 Å². The fourth-order valence-corrected chi connectivity index (χ4v) is 2.22. The molecule has 126 valence electrons. The minimum Gasteiger partial charge on any atom is -0.351 e. The van der Waals surface area contributed by atoms with Gasteiger partial charge in [0.15, 0.2) is 0 Å². The van der Waals surface area contributed by atoms with Crippen molar-refractivity contribution in [2.24, 2.45) is 5.92 Å². The third-order valence-electron chi connectivity index (χ3n) is 2.66. The first-order valence-electron chi connectivity index (χ1n) is 6.98. The molecule has 2 amide bonds. The van der Waals surface area contributed by atoms with Crippen LogP contribution in [0.15, 0.2) is 30.0 Å². The third kappa shape index (κ3) is 8.33. The fraction of sp³-hybridized carbons (Fsp3) is 0.333. The van der Waals surface area contributed by atoms with Gasteiger partial charge < -0.3 is 10.6 Å². The summed E-state index contributed by atoms with van der Waals surface area (Å²) in [4.78, 5) is 24.1. The monoisotopic (exact) mass is 451 g/mol. The smallest absolute Gasteiger partial charge is 0.267 e. The summed E-state index contributed by atoms with van der Waals surface area (Å²) in [5.41, 5.74) is 0.750. The molecule has 5 nitrogen and oxygen atoms in total. The number of nitrogens with one attached hydrogen (secondary N) is 3. The zero-order valence-electron chi connectivity index (χ0n) is 12.9. The summed E-state index contributed by atoms with van der Waals surface area (Å²) in [6, 6.07) is 5.67. The van der Waals surface area contributed by atoms with Gasteiger partial charge in [-0.15, -0.1) is 0 Å². The molecular weight excluding hydrogens is 432 g/mol. The zero-order chi connectivity index (χ0) is 17.2. The number of rotatable bonds is 8. The largest absolute Gasteiger partial charge is 0.351 e. The SMILES string of the molecule is CC(C)CNC(=O)/C(=C\c1ccc(F)cc1)NC(=O)CNSI. The maximum atomic E-state index is 13.0. The van der Waals surface area contributed by atoms with Crippen molar-refractivity contribution < 1.29 is 14.0 Å². The number of carbonyl (C=O) groups is 2. The topological polar surface area (TPSA) is 70.2 Å². The summed E-state index contributed by atoms with van der Waals surface area (Å²) in [6.07, 6.45) is 1.52. The molecule has 23 heavy (non-hydrogen) atoms. The molecule has 0 spiro atoms. The van der Waals surface area contributed by atoms with Crippen molar-refractivity contribution in [1.29, 1.82) is 0 Å². The Morgan fingerprint density at radius 3 is 2.52 bits per heavy atom. The molecule has 8 heteroatoms. The second-order valence-corrected chi connectivity index (χ2v) is 6.92. The van der Waals surface area contributed by atoms with Gasteiger partial charge >= 0.3 is 0 Å². The molecule has 0 unspecified atom stereocenters. The van der Waals surface area contributed by atoms with Crippen molar-refractivity contribution in [2.75, 3.05) is 13.1 Å². The summed E-state index contributed by atoms with van der Waals surface area (Å²) in [5.74, 6) is -0.778. The van der Waals surface area contributed by atoms with E-state index in [1.165, 1.54) is 39.5 Å². The van der Waals surface area contributed by atoms with E-state index >= 15 is 0 Å². The van der Waals surface area contributed by atoms with Crippen LogP contribution in [0.25, 0.3) is 6.08 Å². The van der Waals surface area contributed by atoms with Crippen LogP contribution in [0, 0.1) is 11.7 Å². The molecule has 0 aliphatic carbocycles. The summed E-state index contributed by atoms with van der Waals surface area (Å²) in [5, 5.41) is 5.33. The highest BCUT2D eigenvalue weighted by Gasteiger charge is 2.13. The van der Waals surface area contributed by atoms with Crippen molar-refractivity contribution in [2.45, 2.75) is 13.8 Å². The molecule has 0 saturated heterocycles. The lowest BCUT2D eigenvalue weighted by Crippen LogP contribution is -2.38. The molecule has 0 aliphatic heterocycles. The van der Waals surface area contributed by atoms with Gasteiger partial charge in [0.25, 0.3) is 5.91 Å². The molecule has 0 heterocycles.